The van der Waals surface area contributed by atoms with Gasteiger partial charge in [-0.15, -0.1) is 0 Å². The van der Waals surface area contributed by atoms with Gasteiger partial charge in [0.1, 0.15) is 17.3 Å². The molecule has 0 aliphatic rings. The summed E-state index contributed by atoms with van der Waals surface area (Å²) in [5.74, 6) is -1.17. The predicted octanol–water partition coefficient (Wildman–Crippen LogP) is 7.16. The first-order valence-corrected chi connectivity index (χ1v) is 13.7. The second-order valence-electron chi connectivity index (χ2n) is 9.70. The zero-order chi connectivity index (χ0) is 29.0. The van der Waals surface area contributed by atoms with Gasteiger partial charge in [-0.2, -0.15) is 0 Å². The van der Waals surface area contributed by atoms with Crippen molar-refractivity contribution >= 4 is 11.9 Å². The van der Waals surface area contributed by atoms with Gasteiger partial charge in [0, 0.05) is 28.8 Å². The zero-order valence-electron chi connectivity index (χ0n) is 23.1. The number of amides is 1. The highest BCUT2D eigenvalue weighted by Gasteiger charge is 2.21. The summed E-state index contributed by atoms with van der Waals surface area (Å²) in [5.41, 5.74) is 3.28. The number of ether oxygens (including phenoxy) is 2. The van der Waals surface area contributed by atoms with Crippen molar-refractivity contribution in [3.63, 3.8) is 0 Å². The fraction of sp³-hybridized carbons (Fsp3) is 0.235. The number of carbonyl (C=O) groups is 2. The molecule has 0 aliphatic carbocycles. The van der Waals surface area contributed by atoms with Crippen LogP contribution in [0.3, 0.4) is 0 Å². The summed E-state index contributed by atoms with van der Waals surface area (Å²) in [4.78, 5) is 24.7. The molecule has 0 saturated heterocycles. The number of hydrogen-bond donors (Lipinski definition) is 2. The molecular weight excluding hydrogens is 521 g/mol. The Labute approximate surface area is 239 Å². The number of carboxylic acids is 1. The number of halogens is 1. The van der Waals surface area contributed by atoms with Gasteiger partial charge in [0.2, 0.25) is 0 Å². The minimum Gasteiger partial charge on any atom is -0.497 e. The number of carbonyl (C=O) groups excluding carboxylic acids is 1. The second-order valence-corrected chi connectivity index (χ2v) is 9.70. The van der Waals surface area contributed by atoms with Crippen LogP contribution in [0.2, 0.25) is 0 Å². The molecule has 0 fully saturated rings. The SMILES string of the molecule is COc1ccc(-c2cc(C(=O)NCCCCCCc3ccccc3)cc(-c3ccccc3F)c2OCC(=O)O)cc1. The van der Waals surface area contributed by atoms with Gasteiger partial charge in [-0.25, -0.2) is 9.18 Å². The number of benzene rings is 4. The molecule has 212 valence electrons. The summed E-state index contributed by atoms with van der Waals surface area (Å²) < 4.78 is 26.0. The average Bonchev–Trinajstić information content (AvgIpc) is 3.00. The summed E-state index contributed by atoms with van der Waals surface area (Å²) in [6.45, 7) is -0.116. The number of hydrogen-bond acceptors (Lipinski definition) is 4. The predicted molar refractivity (Wildman–Crippen MR) is 158 cm³/mol. The molecule has 0 aliphatic heterocycles. The molecule has 0 radical (unpaired) electrons. The van der Waals surface area contributed by atoms with Crippen molar-refractivity contribution in [1.29, 1.82) is 0 Å². The fourth-order valence-corrected chi connectivity index (χ4v) is 4.67. The first-order valence-electron chi connectivity index (χ1n) is 13.7. The van der Waals surface area contributed by atoms with E-state index in [4.69, 9.17) is 9.47 Å². The summed E-state index contributed by atoms with van der Waals surface area (Å²) in [6, 6.07) is 26.8. The molecule has 4 aromatic carbocycles. The number of aliphatic carboxylic acids is 1. The summed E-state index contributed by atoms with van der Waals surface area (Å²) in [7, 11) is 1.56. The smallest absolute Gasteiger partial charge is 0.341 e. The van der Waals surface area contributed by atoms with E-state index in [1.54, 1.807) is 61.7 Å². The standard InChI is InChI=1S/C34H34FNO5/c1-40-27-18-16-25(17-19-27)29-21-26(34(39)36-20-10-3-2-5-11-24-12-6-4-7-13-24)22-30(33(29)41-23-32(37)38)28-14-8-9-15-31(28)35/h4,6-9,12-19,21-22H,2-3,5,10-11,20,23H2,1H3,(H,36,39)(H,37,38). The largest absolute Gasteiger partial charge is 0.497 e. The van der Waals surface area contributed by atoms with Crippen LogP contribution in [0.5, 0.6) is 11.5 Å². The molecule has 4 rings (SSSR count). The topological polar surface area (TPSA) is 84.9 Å². The van der Waals surface area contributed by atoms with Crippen LogP contribution in [0.4, 0.5) is 4.39 Å². The first kappa shape index (κ1) is 29.3. The summed E-state index contributed by atoms with van der Waals surface area (Å²) in [6.07, 6.45) is 5.03. The molecule has 0 saturated carbocycles. The van der Waals surface area contributed by atoms with Crippen LogP contribution in [-0.2, 0) is 11.2 Å². The highest BCUT2D eigenvalue weighted by molar-refractivity contribution is 5.99. The third kappa shape index (κ3) is 8.18. The van der Waals surface area contributed by atoms with E-state index in [1.807, 2.05) is 18.2 Å². The van der Waals surface area contributed by atoms with E-state index in [2.05, 4.69) is 17.4 Å². The normalized spacial score (nSPS) is 10.7. The van der Waals surface area contributed by atoms with Crippen molar-refractivity contribution in [3.8, 4) is 33.8 Å². The fourth-order valence-electron chi connectivity index (χ4n) is 4.67. The molecule has 4 aromatic rings. The van der Waals surface area contributed by atoms with Gasteiger partial charge in [-0.05, 0) is 60.7 Å². The Bertz CT molecular complexity index is 1450. The van der Waals surface area contributed by atoms with Crippen molar-refractivity contribution in [2.45, 2.75) is 32.1 Å². The van der Waals surface area contributed by atoms with Crippen LogP contribution < -0.4 is 14.8 Å². The summed E-state index contributed by atoms with van der Waals surface area (Å²) in [5, 5.41) is 12.3. The van der Waals surface area contributed by atoms with Crippen molar-refractivity contribution < 1.29 is 28.6 Å². The number of carboxylic acid groups (broad SMARTS) is 1. The Morgan fingerprint density at radius 1 is 0.805 bits per heavy atom. The van der Waals surface area contributed by atoms with E-state index < -0.39 is 18.4 Å². The number of rotatable bonds is 14. The zero-order valence-corrected chi connectivity index (χ0v) is 23.1. The molecule has 0 heterocycles. The van der Waals surface area contributed by atoms with Crippen molar-refractivity contribution in [2.75, 3.05) is 20.3 Å². The van der Waals surface area contributed by atoms with E-state index in [1.165, 1.54) is 11.6 Å². The highest BCUT2D eigenvalue weighted by atomic mass is 19.1. The quantitative estimate of drug-likeness (QED) is 0.161. The molecule has 1 amide bonds. The maximum Gasteiger partial charge on any atom is 0.341 e. The Balaban J connectivity index is 1.55. The van der Waals surface area contributed by atoms with Gasteiger partial charge in [0.05, 0.1) is 7.11 Å². The Kier molecular flexibility index (Phi) is 10.5. The van der Waals surface area contributed by atoms with Crippen LogP contribution in [0.1, 0.15) is 41.6 Å². The Hall–Kier alpha value is -4.65. The molecule has 7 heteroatoms. The number of unbranched alkanes of at least 4 members (excludes halogenated alkanes) is 3. The second kappa shape index (κ2) is 14.7. The van der Waals surface area contributed by atoms with Crippen LogP contribution in [-0.4, -0.2) is 37.2 Å². The van der Waals surface area contributed by atoms with Crippen molar-refractivity contribution in [2.24, 2.45) is 0 Å². The van der Waals surface area contributed by atoms with Gasteiger partial charge in [-0.3, -0.25) is 4.79 Å². The molecular formula is C34H34FNO5. The molecule has 0 bridgehead atoms. The number of methoxy groups -OCH3 is 1. The molecule has 2 N–H and O–H groups in total. The minimum atomic E-state index is -1.17. The lowest BCUT2D eigenvalue weighted by Gasteiger charge is -2.18. The lowest BCUT2D eigenvalue weighted by Crippen LogP contribution is -2.24. The van der Waals surface area contributed by atoms with Crippen LogP contribution in [0.25, 0.3) is 22.3 Å². The third-order valence-corrected chi connectivity index (χ3v) is 6.78. The van der Waals surface area contributed by atoms with E-state index in [9.17, 15) is 19.1 Å². The van der Waals surface area contributed by atoms with Gasteiger partial charge in [0.25, 0.3) is 5.91 Å². The van der Waals surface area contributed by atoms with Gasteiger partial charge < -0.3 is 19.9 Å². The number of nitrogens with one attached hydrogen (secondary N) is 1. The van der Waals surface area contributed by atoms with Crippen LogP contribution in [0, 0.1) is 5.82 Å². The van der Waals surface area contributed by atoms with Gasteiger partial charge in [-0.1, -0.05) is 73.5 Å². The van der Waals surface area contributed by atoms with Crippen molar-refractivity contribution in [1.82, 2.24) is 5.32 Å². The maximum absolute atomic E-state index is 15.0. The lowest BCUT2D eigenvalue weighted by atomic mass is 9.93. The van der Waals surface area contributed by atoms with Crippen molar-refractivity contribution in [3.05, 3.63) is 108 Å². The molecule has 0 spiro atoms. The van der Waals surface area contributed by atoms with E-state index >= 15 is 0 Å². The maximum atomic E-state index is 15.0. The third-order valence-electron chi connectivity index (χ3n) is 6.78. The Morgan fingerprint density at radius 3 is 2.20 bits per heavy atom. The van der Waals surface area contributed by atoms with E-state index in [0.717, 1.165) is 32.1 Å². The van der Waals surface area contributed by atoms with Gasteiger partial charge >= 0.3 is 5.97 Å². The molecule has 41 heavy (non-hydrogen) atoms. The van der Waals surface area contributed by atoms with Gasteiger partial charge in [0.15, 0.2) is 6.61 Å². The summed E-state index contributed by atoms with van der Waals surface area (Å²) >= 11 is 0. The molecule has 0 atom stereocenters. The molecule has 0 aromatic heterocycles. The highest BCUT2D eigenvalue weighted by Crippen LogP contribution is 2.41. The lowest BCUT2D eigenvalue weighted by molar-refractivity contribution is -0.139. The average molecular weight is 556 g/mol. The monoisotopic (exact) mass is 555 g/mol. The Morgan fingerprint density at radius 2 is 1.49 bits per heavy atom. The van der Waals surface area contributed by atoms with Crippen LogP contribution in [0.15, 0.2) is 91.0 Å². The first-order chi connectivity index (χ1) is 20.0. The van der Waals surface area contributed by atoms with E-state index in [-0.39, 0.29) is 17.2 Å². The van der Waals surface area contributed by atoms with E-state index in [0.29, 0.717) is 34.5 Å². The number of aryl methyl sites for hydroxylation is 1. The minimum absolute atomic E-state index is 0.178. The molecule has 0 unspecified atom stereocenters. The molecule has 6 nitrogen and oxygen atoms in total. The van der Waals surface area contributed by atoms with Crippen LogP contribution >= 0.6 is 0 Å².